The summed E-state index contributed by atoms with van der Waals surface area (Å²) in [4.78, 5) is 4.54. The molecular weight excluding hydrogens is 292 g/mol. The largest absolute Gasteiger partial charge is 0.380 e. The molecule has 1 aromatic heterocycles. The number of thiazole rings is 1. The van der Waals surface area contributed by atoms with Crippen LogP contribution in [0, 0.1) is 0 Å². The van der Waals surface area contributed by atoms with E-state index in [-0.39, 0.29) is 0 Å². The number of anilines is 2. The van der Waals surface area contributed by atoms with Crippen molar-refractivity contribution >= 4 is 44.0 Å². The second-order valence-corrected chi connectivity index (χ2v) is 5.86. The third-order valence-electron chi connectivity index (χ3n) is 2.84. The zero-order valence-corrected chi connectivity index (χ0v) is 12.5. The molecule has 3 nitrogen and oxygen atoms in total. The topological polar surface area (TPSA) is 34.1 Å². The molecule has 0 aliphatic heterocycles. The predicted octanol–water partition coefficient (Wildman–Crippen LogP) is 4.84. The molecule has 0 unspecified atom stereocenters. The lowest BCUT2D eigenvalue weighted by atomic mass is 10.2. The smallest absolute Gasteiger partial charge is 0.188 e. The van der Waals surface area contributed by atoms with Crippen molar-refractivity contribution in [3.05, 3.63) is 53.1 Å². The first kappa shape index (κ1) is 13.4. The van der Waals surface area contributed by atoms with E-state index in [1.54, 1.807) is 18.4 Å². The summed E-state index contributed by atoms with van der Waals surface area (Å²) in [5.41, 5.74) is 3.05. The zero-order chi connectivity index (χ0) is 13.9. The summed E-state index contributed by atoms with van der Waals surface area (Å²) in [7, 11) is 1.69. The third kappa shape index (κ3) is 2.93. The highest BCUT2D eigenvalue weighted by Crippen LogP contribution is 2.30. The monoisotopic (exact) mass is 304 g/mol. The van der Waals surface area contributed by atoms with Gasteiger partial charge in [-0.1, -0.05) is 35.1 Å². The highest BCUT2D eigenvalue weighted by atomic mass is 35.5. The molecule has 20 heavy (non-hydrogen) atoms. The summed E-state index contributed by atoms with van der Waals surface area (Å²) in [5.74, 6) is 0. The van der Waals surface area contributed by atoms with E-state index in [1.165, 1.54) is 0 Å². The van der Waals surface area contributed by atoms with Crippen LogP contribution < -0.4 is 5.32 Å². The van der Waals surface area contributed by atoms with E-state index >= 15 is 0 Å². The Balaban J connectivity index is 1.87. The van der Waals surface area contributed by atoms with Crippen LogP contribution in [0.3, 0.4) is 0 Å². The SMILES string of the molecule is COCc1cccc(Nc2nc3cc(Cl)ccc3s2)c1. The number of nitrogens with one attached hydrogen (secondary N) is 1. The Labute approximate surface area is 126 Å². The van der Waals surface area contributed by atoms with E-state index in [2.05, 4.69) is 16.4 Å². The lowest BCUT2D eigenvalue weighted by Gasteiger charge is -2.05. The number of rotatable bonds is 4. The van der Waals surface area contributed by atoms with Crippen LogP contribution in [-0.4, -0.2) is 12.1 Å². The second-order valence-electron chi connectivity index (χ2n) is 4.39. The number of hydrogen-bond acceptors (Lipinski definition) is 4. The molecule has 1 heterocycles. The van der Waals surface area contributed by atoms with Crippen molar-refractivity contribution in [2.75, 3.05) is 12.4 Å². The molecule has 0 fully saturated rings. The number of nitrogens with zero attached hydrogens (tertiary/aromatic N) is 1. The van der Waals surface area contributed by atoms with Gasteiger partial charge >= 0.3 is 0 Å². The molecule has 102 valence electrons. The average molecular weight is 305 g/mol. The van der Waals surface area contributed by atoms with E-state index in [4.69, 9.17) is 16.3 Å². The molecule has 3 rings (SSSR count). The molecule has 3 aromatic rings. The Morgan fingerprint density at radius 3 is 3.00 bits per heavy atom. The van der Waals surface area contributed by atoms with Gasteiger partial charge in [-0.25, -0.2) is 4.98 Å². The molecule has 0 spiro atoms. The van der Waals surface area contributed by atoms with Gasteiger partial charge in [0.25, 0.3) is 0 Å². The number of aromatic nitrogens is 1. The van der Waals surface area contributed by atoms with Crippen LogP contribution in [-0.2, 0) is 11.3 Å². The van der Waals surface area contributed by atoms with Gasteiger partial charge in [0.1, 0.15) is 0 Å². The minimum absolute atomic E-state index is 0.602. The normalized spacial score (nSPS) is 10.9. The van der Waals surface area contributed by atoms with Crippen LogP contribution >= 0.6 is 22.9 Å². The van der Waals surface area contributed by atoms with Crippen molar-refractivity contribution < 1.29 is 4.74 Å². The molecule has 0 bridgehead atoms. The standard InChI is InChI=1S/C15H13ClN2OS/c1-19-9-10-3-2-4-12(7-10)17-15-18-13-8-11(16)5-6-14(13)20-15/h2-8H,9H2,1H3,(H,17,18). The maximum Gasteiger partial charge on any atom is 0.188 e. The van der Waals surface area contributed by atoms with Gasteiger partial charge in [0.15, 0.2) is 5.13 Å². The van der Waals surface area contributed by atoms with E-state index in [0.717, 1.165) is 26.6 Å². The lowest BCUT2D eigenvalue weighted by Crippen LogP contribution is -1.92. The first-order valence-corrected chi connectivity index (χ1v) is 7.35. The van der Waals surface area contributed by atoms with Crippen LogP contribution in [0.4, 0.5) is 10.8 Å². The molecular formula is C15H13ClN2OS. The van der Waals surface area contributed by atoms with Crippen LogP contribution in [0.5, 0.6) is 0 Å². The predicted molar refractivity (Wildman–Crippen MR) is 85.1 cm³/mol. The summed E-state index contributed by atoms with van der Waals surface area (Å²) in [6.45, 7) is 0.602. The minimum atomic E-state index is 0.602. The molecule has 1 N–H and O–H groups in total. The highest BCUT2D eigenvalue weighted by molar-refractivity contribution is 7.22. The van der Waals surface area contributed by atoms with Gasteiger partial charge in [-0.15, -0.1) is 0 Å². The quantitative estimate of drug-likeness (QED) is 0.749. The molecule has 0 amide bonds. The Morgan fingerprint density at radius 2 is 2.15 bits per heavy atom. The minimum Gasteiger partial charge on any atom is -0.380 e. The summed E-state index contributed by atoms with van der Waals surface area (Å²) in [5, 5.41) is 4.88. The van der Waals surface area contributed by atoms with Crippen molar-refractivity contribution in [1.29, 1.82) is 0 Å². The van der Waals surface area contributed by atoms with Crippen LogP contribution in [0.1, 0.15) is 5.56 Å². The van der Waals surface area contributed by atoms with Crippen LogP contribution in [0.15, 0.2) is 42.5 Å². The fourth-order valence-corrected chi connectivity index (χ4v) is 3.02. The molecule has 5 heteroatoms. The van der Waals surface area contributed by atoms with Gasteiger partial charge in [0.2, 0.25) is 0 Å². The van der Waals surface area contributed by atoms with Gasteiger partial charge in [0, 0.05) is 17.8 Å². The van der Waals surface area contributed by atoms with Crippen LogP contribution in [0.25, 0.3) is 10.2 Å². The van der Waals surface area contributed by atoms with Crippen molar-refractivity contribution in [3.8, 4) is 0 Å². The summed E-state index contributed by atoms with van der Waals surface area (Å²) in [6.07, 6.45) is 0. The maximum absolute atomic E-state index is 5.97. The van der Waals surface area contributed by atoms with E-state index < -0.39 is 0 Å². The Hall–Kier alpha value is -1.62. The van der Waals surface area contributed by atoms with Crippen molar-refractivity contribution in [2.45, 2.75) is 6.61 Å². The maximum atomic E-state index is 5.97. The highest BCUT2D eigenvalue weighted by Gasteiger charge is 2.05. The zero-order valence-electron chi connectivity index (χ0n) is 10.9. The molecule has 2 aromatic carbocycles. The number of fused-ring (bicyclic) bond motifs is 1. The second kappa shape index (κ2) is 5.79. The summed E-state index contributed by atoms with van der Waals surface area (Å²) < 4.78 is 6.25. The first-order valence-electron chi connectivity index (χ1n) is 6.15. The number of benzene rings is 2. The molecule has 0 atom stereocenters. The lowest BCUT2D eigenvalue weighted by molar-refractivity contribution is 0.185. The van der Waals surface area contributed by atoms with Crippen LogP contribution in [0.2, 0.25) is 5.02 Å². The van der Waals surface area contributed by atoms with E-state index in [1.807, 2.05) is 36.4 Å². The van der Waals surface area contributed by atoms with Gasteiger partial charge in [0.05, 0.1) is 16.8 Å². The first-order chi connectivity index (χ1) is 9.74. The Bertz CT molecular complexity index is 742. The average Bonchev–Trinajstić information content (AvgIpc) is 2.81. The van der Waals surface area contributed by atoms with Gasteiger partial charge in [-0.2, -0.15) is 0 Å². The summed E-state index contributed by atoms with van der Waals surface area (Å²) in [6, 6.07) is 13.8. The van der Waals surface area contributed by atoms with Crippen molar-refractivity contribution in [1.82, 2.24) is 4.98 Å². The molecule has 0 aliphatic rings. The Kier molecular flexibility index (Phi) is 3.87. The fourth-order valence-electron chi connectivity index (χ4n) is 1.98. The summed E-state index contributed by atoms with van der Waals surface area (Å²) >= 11 is 7.58. The Morgan fingerprint density at radius 1 is 1.25 bits per heavy atom. The van der Waals surface area contributed by atoms with Crippen molar-refractivity contribution in [3.63, 3.8) is 0 Å². The van der Waals surface area contributed by atoms with E-state index in [0.29, 0.717) is 11.6 Å². The van der Waals surface area contributed by atoms with Gasteiger partial charge in [-0.3, -0.25) is 0 Å². The van der Waals surface area contributed by atoms with E-state index in [9.17, 15) is 0 Å². The van der Waals surface area contributed by atoms with Crippen molar-refractivity contribution in [2.24, 2.45) is 0 Å². The molecule has 0 saturated carbocycles. The fraction of sp³-hybridized carbons (Fsp3) is 0.133. The number of ether oxygens (including phenoxy) is 1. The number of hydrogen-bond donors (Lipinski definition) is 1. The molecule has 0 saturated heterocycles. The van der Waals surface area contributed by atoms with Gasteiger partial charge in [-0.05, 0) is 35.9 Å². The molecule has 0 aliphatic carbocycles. The number of halogens is 1. The third-order valence-corrected chi connectivity index (χ3v) is 4.03. The number of methoxy groups -OCH3 is 1. The van der Waals surface area contributed by atoms with Gasteiger partial charge < -0.3 is 10.1 Å². The molecule has 0 radical (unpaired) electrons.